The highest BCUT2D eigenvalue weighted by Crippen LogP contribution is 2.11. The van der Waals surface area contributed by atoms with E-state index in [1.807, 2.05) is 30.3 Å². The molecule has 0 aliphatic carbocycles. The van der Waals surface area contributed by atoms with Crippen LogP contribution in [0.2, 0.25) is 0 Å². The second kappa shape index (κ2) is 6.56. The summed E-state index contributed by atoms with van der Waals surface area (Å²) in [5.41, 5.74) is 2.27. The second-order valence-corrected chi connectivity index (χ2v) is 4.05. The number of hydrogen-bond donors (Lipinski definition) is 2. The molecule has 0 radical (unpaired) electrons. The summed E-state index contributed by atoms with van der Waals surface area (Å²) in [5, 5.41) is 11.6. The fourth-order valence-electron chi connectivity index (χ4n) is 1.62. The SMILES string of the molecule is O=C(Nc1cccc(CO)c1)OCc1ccccc1. The lowest BCUT2D eigenvalue weighted by Crippen LogP contribution is -2.13. The number of ether oxygens (including phenoxy) is 1. The highest BCUT2D eigenvalue weighted by atomic mass is 16.5. The second-order valence-electron chi connectivity index (χ2n) is 4.05. The lowest BCUT2D eigenvalue weighted by atomic mass is 10.2. The van der Waals surface area contributed by atoms with Crippen LogP contribution in [0, 0.1) is 0 Å². The average molecular weight is 257 g/mol. The first kappa shape index (κ1) is 13.1. The number of carbonyl (C=O) groups excluding carboxylic acids is 1. The van der Waals surface area contributed by atoms with Crippen molar-refractivity contribution in [3.05, 3.63) is 65.7 Å². The minimum atomic E-state index is -0.515. The summed E-state index contributed by atoms with van der Waals surface area (Å²) in [6.07, 6.45) is -0.515. The Labute approximate surface area is 111 Å². The van der Waals surface area contributed by atoms with E-state index in [-0.39, 0.29) is 13.2 Å². The standard InChI is InChI=1S/C15H15NO3/c17-10-13-7-4-8-14(9-13)16-15(18)19-11-12-5-2-1-3-6-12/h1-9,17H,10-11H2,(H,16,18). The normalized spacial score (nSPS) is 9.95. The summed E-state index contributed by atoms with van der Waals surface area (Å²) in [6, 6.07) is 16.4. The third-order valence-electron chi connectivity index (χ3n) is 2.57. The van der Waals surface area contributed by atoms with Crippen LogP contribution >= 0.6 is 0 Å². The third-order valence-corrected chi connectivity index (χ3v) is 2.57. The molecule has 0 unspecified atom stereocenters. The molecule has 2 aromatic rings. The first-order valence-electron chi connectivity index (χ1n) is 5.95. The van der Waals surface area contributed by atoms with Gasteiger partial charge in [0.15, 0.2) is 0 Å². The zero-order valence-corrected chi connectivity index (χ0v) is 10.4. The van der Waals surface area contributed by atoms with E-state index in [0.717, 1.165) is 11.1 Å². The highest BCUT2D eigenvalue weighted by Gasteiger charge is 2.04. The Morgan fingerprint density at radius 1 is 1.05 bits per heavy atom. The van der Waals surface area contributed by atoms with Crippen LogP contribution in [-0.4, -0.2) is 11.2 Å². The Hall–Kier alpha value is -2.33. The van der Waals surface area contributed by atoms with Gasteiger partial charge in [-0.05, 0) is 23.3 Å². The number of anilines is 1. The molecule has 0 aliphatic rings. The van der Waals surface area contributed by atoms with Gasteiger partial charge in [-0.1, -0.05) is 42.5 Å². The molecule has 0 aliphatic heterocycles. The van der Waals surface area contributed by atoms with Gasteiger partial charge in [-0.15, -0.1) is 0 Å². The number of aliphatic hydroxyl groups is 1. The van der Waals surface area contributed by atoms with E-state index in [4.69, 9.17) is 9.84 Å². The molecule has 19 heavy (non-hydrogen) atoms. The average Bonchev–Trinajstić information content (AvgIpc) is 2.46. The largest absolute Gasteiger partial charge is 0.444 e. The zero-order chi connectivity index (χ0) is 13.5. The number of carbonyl (C=O) groups is 1. The van der Waals surface area contributed by atoms with E-state index < -0.39 is 6.09 Å². The molecule has 98 valence electrons. The summed E-state index contributed by atoms with van der Waals surface area (Å²) in [5.74, 6) is 0. The van der Waals surface area contributed by atoms with Gasteiger partial charge in [0.05, 0.1) is 6.61 Å². The number of hydrogen-bond acceptors (Lipinski definition) is 3. The molecular weight excluding hydrogens is 242 g/mol. The highest BCUT2D eigenvalue weighted by molar-refractivity contribution is 5.84. The van der Waals surface area contributed by atoms with E-state index in [9.17, 15) is 4.79 Å². The molecule has 1 amide bonds. The molecule has 0 spiro atoms. The van der Waals surface area contributed by atoms with Crippen molar-refractivity contribution in [1.82, 2.24) is 0 Å². The lowest BCUT2D eigenvalue weighted by Gasteiger charge is -2.07. The van der Waals surface area contributed by atoms with Crippen LogP contribution < -0.4 is 5.32 Å². The molecule has 0 saturated heterocycles. The van der Waals surface area contributed by atoms with E-state index in [0.29, 0.717) is 5.69 Å². The summed E-state index contributed by atoms with van der Waals surface area (Å²) in [7, 11) is 0. The fourth-order valence-corrected chi connectivity index (χ4v) is 1.62. The Morgan fingerprint density at radius 2 is 1.79 bits per heavy atom. The Kier molecular flexibility index (Phi) is 4.53. The Morgan fingerprint density at radius 3 is 2.53 bits per heavy atom. The van der Waals surface area contributed by atoms with Crippen molar-refractivity contribution in [3.8, 4) is 0 Å². The molecule has 2 N–H and O–H groups in total. The zero-order valence-electron chi connectivity index (χ0n) is 10.4. The van der Waals surface area contributed by atoms with Gasteiger partial charge in [0.1, 0.15) is 6.61 Å². The maximum atomic E-state index is 11.6. The maximum absolute atomic E-state index is 11.6. The maximum Gasteiger partial charge on any atom is 0.411 e. The number of amides is 1. The van der Waals surface area contributed by atoms with Crippen molar-refractivity contribution in [1.29, 1.82) is 0 Å². The lowest BCUT2D eigenvalue weighted by molar-refractivity contribution is 0.155. The molecule has 0 atom stereocenters. The number of nitrogens with one attached hydrogen (secondary N) is 1. The first-order chi connectivity index (χ1) is 9.28. The topological polar surface area (TPSA) is 58.6 Å². The summed E-state index contributed by atoms with van der Waals surface area (Å²) < 4.78 is 5.09. The molecule has 0 aromatic heterocycles. The molecule has 0 heterocycles. The van der Waals surface area contributed by atoms with Crippen LogP contribution in [0.4, 0.5) is 10.5 Å². The summed E-state index contributed by atoms with van der Waals surface area (Å²) in [6.45, 7) is 0.168. The van der Waals surface area contributed by atoms with E-state index in [1.54, 1.807) is 24.3 Å². The van der Waals surface area contributed by atoms with E-state index in [1.165, 1.54) is 0 Å². The predicted molar refractivity (Wildman–Crippen MR) is 72.6 cm³/mol. The van der Waals surface area contributed by atoms with Crippen LogP contribution in [0.5, 0.6) is 0 Å². The van der Waals surface area contributed by atoms with Gasteiger partial charge in [-0.3, -0.25) is 5.32 Å². The molecule has 4 nitrogen and oxygen atoms in total. The smallest absolute Gasteiger partial charge is 0.411 e. The monoisotopic (exact) mass is 257 g/mol. The molecule has 0 fully saturated rings. The van der Waals surface area contributed by atoms with Crippen LogP contribution in [0.1, 0.15) is 11.1 Å². The van der Waals surface area contributed by atoms with Crippen molar-refractivity contribution in [3.63, 3.8) is 0 Å². The van der Waals surface area contributed by atoms with Crippen LogP contribution in [0.25, 0.3) is 0 Å². The molecule has 4 heteroatoms. The van der Waals surface area contributed by atoms with Gasteiger partial charge in [-0.2, -0.15) is 0 Å². The molecule has 2 rings (SSSR count). The van der Waals surface area contributed by atoms with Crippen LogP contribution in [-0.2, 0) is 18.0 Å². The van der Waals surface area contributed by atoms with Crippen molar-refractivity contribution in [2.24, 2.45) is 0 Å². The number of aliphatic hydroxyl groups excluding tert-OH is 1. The molecular formula is C15H15NO3. The number of benzene rings is 2. The number of rotatable bonds is 4. The Bertz CT molecular complexity index is 540. The van der Waals surface area contributed by atoms with Gasteiger partial charge in [-0.25, -0.2) is 4.79 Å². The summed E-state index contributed by atoms with van der Waals surface area (Å²) in [4.78, 5) is 11.6. The first-order valence-corrected chi connectivity index (χ1v) is 5.95. The van der Waals surface area contributed by atoms with Gasteiger partial charge in [0.25, 0.3) is 0 Å². The molecule has 0 bridgehead atoms. The third kappa shape index (κ3) is 4.12. The van der Waals surface area contributed by atoms with E-state index in [2.05, 4.69) is 5.32 Å². The van der Waals surface area contributed by atoms with Crippen molar-refractivity contribution < 1.29 is 14.6 Å². The van der Waals surface area contributed by atoms with Gasteiger partial charge < -0.3 is 9.84 Å². The van der Waals surface area contributed by atoms with Gasteiger partial charge >= 0.3 is 6.09 Å². The van der Waals surface area contributed by atoms with Crippen molar-refractivity contribution >= 4 is 11.8 Å². The minimum absolute atomic E-state index is 0.0609. The Balaban J connectivity index is 1.87. The fraction of sp³-hybridized carbons (Fsp3) is 0.133. The van der Waals surface area contributed by atoms with Gasteiger partial charge in [0.2, 0.25) is 0 Å². The van der Waals surface area contributed by atoms with Crippen LogP contribution in [0.3, 0.4) is 0 Å². The molecule has 0 saturated carbocycles. The predicted octanol–water partition coefficient (Wildman–Crippen LogP) is 2.93. The van der Waals surface area contributed by atoms with Gasteiger partial charge in [0, 0.05) is 5.69 Å². The minimum Gasteiger partial charge on any atom is -0.444 e. The van der Waals surface area contributed by atoms with Crippen molar-refractivity contribution in [2.75, 3.05) is 5.32 Å². The summed E-state index contributed by atoms with van der Waals surface area (Å²) >= 11 is 0. The van der Waals surface area contributed by atoms with Crippen molar-refractivity contribution in [2.45, 2.75) is 13.2 Å². The quantitative estimate of drug-likeness (QED) is 0.885. The van der Waals surface area contributed by atoms with E-state index >= 15 is 0 Å². The van der Waals surface area contributed by atoms with Crippen LogP contribution in [0.15, 0.2) is 54.6 Å². The molecule has 2 aromatic carbocycles.